The Morgan fingerprint density at radius 2 is 2.22 bits per heavy atom. The Labute approximate surface area is 118 Å². The van der Waals surface area contributed by atoms with E-state index in [1.54, 1.807) is 12.1 Å². The minimum Gasteiger partial charge on any atom is -0.490 e. The normalized spacial score (nSPS) is 22.1. The van der Waals surface area contributed by atoms with Gasteiger partial charge < -0.3 is 10.5 Å². The standard InChI is InChI=1S/C12H13BrClF2NO/c13-9-3-8(14)4-10(17)11(9)18-6-7-1-2-12(15,16)5-7/h3-4,7H,1-2,5-6,17H2. The van der Waals surface area contributed by atoms with Crippen LogP contribution in [0.2, 0.25) is 5.02 Å². The van der Waals surface area contributed by atoms with E-state index in [0.29, 0.717) is 27.4 Å². The zero-order valence-electron chi connectivity index (χ0n) is 9.56. The van der Waals surface area contributed by atoms with E-state index in [9.17, 15) is 8.78 Å². The molecular weight excluding hydrogens is 327 g/mol. The van der Waals surface area contributed by atoms with Crippen LogP contribution in [0.1, 0.15) is 19.3 Å². The topological polar surface area (TPSA) is 35.2 Å². The summed E-state index contributed by atoms with van der Waals surface area (Å²) < 4.78 is 32.2. The van der Waals surface area contributed by atoms with Crippen LogP contribution in [-0.2, 0) is 0 Å². The molecule has 1 saturated carbocycles. The number of benzene rings is 1. The van der Waals surface area contributed by atoms with Crippen molar-refractivity contribution in [3.63, 3.8) is 0 Å². The van der Waals surface area contributed by atoms with E-state index in [2.05, 4.69) is 15.9 Å². The highest BCUT2D eigenvalue weighted by Crippen LogP contribution is 2.40. The van der Waals surface area contributed by atoms with Crippen LogP contribution in [0.15, 0.2) is 16.6 Å². The minimum absolute atomic E-state index is 0.0572. The zero-order valence-corrected chi connectivity index (χ0v) is 11.9. The van der Waals surface area contributed by atoms with Gasteiger partial charge in [0.25, 0.3) is 0 Å². The maximum atomic E-state index is 13.0. The fourth-order valence-corrected chi connectivity index (χ4v) is 3.07. The number of nitrogens with two attached hydrogens (primary N) is 1. The van der Waals surface area contributed by atoms with Crippen molar-refractivity contribution >= 4 is 33.2 Å². The number of alkyl halides is 2. The highest BCUT2D eigenvalue weighted by Gasteiger charge is 2.39. The molecule has 0 heterocycles. The quantitative estimate of drug-likeness (QED) is 0.822. The second-order valence-electron chi connectivity index (χ2n) is 4.58. The van der Waals surface area contributed by atoms with Crippen LogP contribution in [0.5, 0.6) is 5.75 Å². The van der Waals surface area contributed by atoms with Crippen LogP contribution in [-0.4, -0.2) is 12.5 Å². The third-order valence-electron chi connectivity index (χ3n) is 3.01. The molecule has 2 nitrogen and oxygen atoms in total. The third kappa shape index (κ3) is 3.26. The predicted octanol–water partition coefficient (Wildman–Crippen LogP) is 4.50. The van der Waals surface area contributed by atoms with Gasteiger partial charge in [-0.25, -0.2) is 8.78 Å². The molecule has 2 rings (SSSR count). The molecule has 2 N–H and O–H groups in total. The minimum atomic E-state index is -2.54. The largest absolute Gasteiger partial charge is 0.490 e. The lowest BCUT2D eigenvalue weighted by Crippen LogP contribution is -2.14. The molecule has 1 aliphatic rings. The summed E-state index contributed by atoms with van der Waals surface area (Å²) in [5, 5.41) is 0.499. The van der Waals surface area contributed by atoms with Crippen LogP contribution in [0.25, 0.3) is 0 Å². The highest BCUT2D eigenvalue weighted by atomic mass is 79.9. The Morgan fingerprint density at radius 3 is 2.78 bits per heavy atom. The van der Waals surface area contributed by atoms with Gasteiger partial charge in [-0.1, -0.05) is 11.6 Å². The van der Waals surface area contributed by atoms with E-state index < -0.39 is 5.92 Å². The Bertz CT molecular complexity index is 433. The van der Waals surface area contributed by atoms with Crippen molar-refractivity contribution in [1.29, 1.82) is 0 Å². The van der Waals surface area contributed by atoms with Crippen molar-refractivity contribution in [3.05, 3.63) is 21.6 Å². The third-order valence-corrected chi connectivity index (χ3v) is 3.81. The van der Waals surface area contributed by atoms with E-state index in [1.165, 1.54) is 0 Å². The second-order valence-corrected chi connectivity index (χ2v) is 5.87. The highest BCUT2D eigenvalue weighted by molar-refractivity contribution is 9.10. The molecule has 1 atom stereocenters. The van der Waals surface area contributed by atoms with Crippen molar-refractivity contribution < 1.29 is 13.5 Å². The number of nitrogen functional groups attached to an aromatic ring is 1. The smallest absolute Gasteiger partial charge is 0.248 e. The van der Waals surface area contributed by atoms with Crippen LogP contribution in [0, 0.1) is 5.92 Å². The Kier molecular flexibility index (Phi) is 4.02. The van der Waals surface area contributed by atoms with Crippen LogP contribution in [0.3, 0.4) is 0 Å². The van der Waals surface area contributed by atoms with Crippen molar-refractivity contribution in [1.82, 2.24) is 0 Å². The van der Waals surface area contributed by atoms with Crippen LogP contribution < -0.4 is 10.5 Å². The summed E-state index contributed by atoms with van der Waals surface area (Å²) >= 11 is 9.11. The van der Waals surface area contributed by atoms with Gasteiger partial charge in [-0.3, -0.25) is 0 Å². The molecule has 1 fully saturated rings. The predicted molar refractivity (Wildman–Crippen MR) is 71.3 cm³/mol. The van der Waals surface area contributed by atoms with Crippen LogP contribution >= 0.6 is 27.5 Å². The summed E-state index contributed by atoms with van der Waals surface area (Å²) in [4.78, 5) is 0. The lowest BCUT2D eigenvalue weighted by molar-refractivity contribution is 0.00292. The Morgan fingerprint density at radius 1 is 1.50 bits per heavy atom. The molecule has 1 aliphatic carbocycles. The molecule has 1 aromatic rings. The maximum Gasteiger partial charge on any atom is 0.248 e. The Balaban J connectivity index is 1.99. The summed E-state index contributed by atoms with van der Waals surface area (Å²) in [6.45, 7) is 0.250. The lowest BCUT2D eigenvalue weighted by Gasteiger charge is -2.15. The van der Waals surface area contributed by atoms with E-state index in [-0.39, 0.29) is 25.4 Å². The van der Waals surface area contributed by atoms with Crippen molar-refractivity contribution in [2.24, 2.45) is 5.92 Å². The summed E-state index contributed by atoms with van der Waals surface area (Å²) in [5.74, 6) is -2.20. The molecule has 1 unspecified atom stereocenters. The van der Waals surface area contributed by atoms with Gasteiger partial charge in [-0.05, 0) is 40.4 Å². The number of rotatable bonds is 3. The van der Waals surface area contributed by atoms with E-state index in [0.717, 1.165) is 0 Å². The molecule has 0 bridgehead atoms. The number of hydrogen-bond acceptors (Lipinski definition) is 2. The van der Waals surface area contributed by atoms with Gasteiger partial charge in [0.05, 0.1) is 16.8 Å². The summed E-state index contributed by atoms with van der Waals surface area (Å²) in [6.07, 6.45) is 0.314. The summed E-state index contributed by atoms with van der Waals surface area (Å²) in [7, 11) is 0. The summed E-state index contributed by atoms with van der Waals surface area (Å²) in [6, 6.07) is 3.24. The molecule has 0 saturated heterocycles. The second kappa shape index (κ2) is 5.21. The van der Waals surface area contributed by atoms with E-state index in [4.69, 9.17) is 22.1 Å². The number of ether oxygens (including phenoxy) is 1. The number of hydrogen-bond donors (Lipinski definition) is 1. The molecular formula is C12H13BrClF2NO. The first-order chi connectivity index (χ1) is 8.37. The van der Waals surface area contributed by atoms with Gasteiger partial charge in [-0.15, -0.1) is 0 Å². The van der Waals surface area contributed by atoms with Gasteiger partial charge in [0.1, 0.15) is 0 Å². The van der Waals surface area contributed by atoms with Gasteiger partial charge in [-0.2, -0.15) is 0 Å². The van der Waals surface area contributed by atoms with E-state index in [1.807, 2.05) is 0 Å². The lowest BCUT2D eigenvalue weighted by atomic mass is 10.1. The van der Waals surface area contributed by atoms with Crippen molar-refractivity contribution in [2.45, 2.75) is 25.2 Å². The van der Waals surface area contributed by atoms with Gasteiger partial charge in [0.15, 0.2) is 5.75 Å². The molecule has 0 aliphatic heterocycles. The zero-order chi connectivity index (χ0) is 13.3. The first-order valence-electron chi connectivity index (χ1n) is 5.62. The molecule has 0 spiro atoms. The van der Waals surface area contributed by atoms with Crippen molar-refractivity contribution in [2.75, 3.05) is 12.3 Å². The Hall–Kier alpha value is -0.550. The van der Waals surface area contributed by atoms with Gasteiger partial charge in [0, 0.05) is 17.9 Å². The summed E-state index contributed by atoms with van der Waals surface area (Å²) in [5.41, 5.74) is 6.17. The number of halogens is 4. The van der Waals surface area contributed by atoms with Gasteiger partial charge in [0.2, 0.25) is 5.92 Å². The molecule has 0 radical (unpaired) electrons. The monoisotopic (exact) mass is 339 g/mol. The molecule has 6 heteroatoms. The fraction of sp³-hybridized carbons (Fsp3) is 0.500. The molecule has 1 aromatic carbocycles. The molecule has 100 valence electrons. The van der Waals surface area contributed by atoms with E-state index >= 15 is 0 Å². The van der Waals surface area contributed by atoms with Crippen molar-refractivity contribution in [3.8, 4) is 5.75 Å². The maximum absolute atomic E-state index is 13.0. The molecule has 0 amide bonds. The number of anilines is 1. The molecule has 0 aromatic heterocycles. The first kappa shape index (κ1) is 13.9. The van der Waals surface area contributed by atoms with Gasteiger partial charge >= 0.3 is 0 Å². The SMILES string of the molecule is Nc1cc(Cl)cc(Br)c1OCC1CCC(F)(F)C1. The van der Waals surface area contributed by atoms with Crippen LogP contribution in [0.4, 0.5) is 14.5 Å². The first-order valence-corrected chi connectivity index (χ1v) is 6.79. The molecule has 18 heavy (non-hydrogen) atoms. The fourth-order valence-electron chi connectivity index (χ4n) is 2.12. The average molecular weight is 341 g/mol. The average Bonchev–Trinajstić information content (AvgIpc) is 2.56.